The van der Waals surface area contributed by atoms with Gasteiger partial charge in [0.25, 0.3) is 0 Å². The topological polar surface area (TPSA) is 108 Å². The number of rotatable bonds is 3. The molecule has 1 fully saturated rings. The van der Waals surface area contributed by atoms with E-state index in [4.69, 9.17) is 15.2 Å². The second-order valence-corrected chi connectivity index (χ2v) is 4.42. The SMILES string of the molecule is CO[C@@H]1CC(CO)O[C@H]1n1cnc2c(N)ncnc21. The number of hydrogen-bond donors (Lipinski definition) is 2. The van der Waals surface area contributed by atoms with Crippen molar-refractivity contribution in [2.24, 2.45) is 0 Å². The van der Waals surface area contributed by atoms with Crippen LogP contribution in [0.5, 0.6) is 0 Å². The summed E-state index contributed by atoms with van der Waals surface area (Å²) in [5, 5.41) is 9.20. The lowest BCUT2D eigenvalue weighted by molar-refractivity contribution is -0.0583. The second kappa shape index (κ2) is 4.72. The zero-order valence-electron chi connectivity index (χ0n) is 10.4. The Balaban J connectivity index is 2.02. The minimum atomic E-state index is -0.374. The van der Waals surface area contributed by atoms with E-state index in [1.807, 2.05) is 0 Å². The molecule has 3 rings (SSSR count). The van der Waals surface area contributed by atoms with Gasteiger partial charge in [0.1, 0.15) is 17.9 Å². The molecule has 0 amide bonds. The van der Waals surface area contributed by atoms with Crippen LogP contribution in [0.4, 0.5) is 5.82 Å². The monoisotopic (exact) mass is 265 g/mol. The van der Waals surface area contributed by atoms with Crippen molar-refractivity contribution >= 4 is 17.0 Å². The number of nitrogens with two attached hydrogens (primary N) is 1. The smallest absolute Gasteiger partial charge is 0.167 e. The van der Waals surface area contributed by atoms with Crippen molar-refractivity contribution in [3.05, 3.63) is 12.7 Å². The number of ether oxygens (including phenoxy) is 2. The number of anilines is 1. The summed E-state index contributed by atoms with van der Waals surface area (Å²) in [7, 11) is 1.61. The second-order valence-electron chi connectivity index (χ2n) is 4.42. The number of methoxy groups -OCH3 is 1. The van der Waals surface area contributed by atoms with Crippen molar-refractivity contribution in [1.82, 2.24) is 19.5 Å². The Labute approximate surface area is 109 Å². The number of aliphatic hydroxyl groups excluding tert-OH is 1. The molecule has 0 aromatic carbocycles. The van der Waals surface area contributed by atoms with Crippen LogP contribution in [0.1, 0.15) is 12.6 Å². The van der Waals surface area contributed by atoms with Crippen LogP contribution in [0.25, 0.3) is 11.2 Å². The molecule has 8 heteroatoms. The number of nitrogen functional groups attached to an aromatic ring is 1. The summed E-state index contributed by atoms with van der Waals surface area (Å²) in [5.41, 5.74) is 6.88. The van der Waals surface area contributed by atoms with Gasteiger partial charge in [-0.1, -0.05) is 0 Å². The largest absolute Gasteiger partial charge is 0.394 e. The molecular weight excluding hydrogens is 250 g/mol. The van der Waals surface area contributed by atoms with Crippen molar-refractivity contribution < 1.29 is 14.6 Å². The number of aliphatic hydroxyl groups is 1. The molecule has 1 unspecified atom stereocenters. The third-order valence-electron chi connectivity index (χ3n) is 3.31. The molecular formula is C11H15N5O3. The first-order valence-electron chi connectivity index (χ1n) is 5.96. The van der Waals surface area contributed by atoms with Crippen LogP contribution in [-0.2, 0) is 9.47 Å². The van der Waals surface area contributed by atoms with Crippen molar-refractivity contribution in [2.45, 2.75) is 24.9 Å². The highest BCUT2D eigenvalue weighted by Crippen LogP contribution is 2.32. The quantitative estimate of drug-likeness (QED) is 0.784. The van der Waals surface area contributed by atoms with Gasteiger partial charge < -0.3 is 20.3 Å². The first kappa shape index (κ1) is 12.3. The molecule has 19 heavy (non-hydrogen) atoms. The third kappa shape index (κ3) is 1.93. The van der Waals surface area contributed by atoms with Gasteiger partial charge in [-0.05, 0) is 0 Å². The Morgan fingerprint density at radius 2 is 2.37 bits per heavy atom. The van der Waals surface area contributed by atoms with E-state index in [0.29, 0.717) is 23.4 Å². The molecule has 1 aliphatic heterocycles. The summed E-state index contributed by atoms with van der Waals surface area (Å²) < 4.78 is 12.9. The Morgan fingerprint density at radius 3 is 3.11 bits per heavy atom. The molecule has 3 N–H and O–H groups in total. The average molecular weight is 265 g/mol. The molecule has 3 atom stereocenters. The summed E-state index contributed by atoms with van der Waals surface area (Å²) >= 11 is 0. The zero-order chi connectivity index (χ0) is 13.4. The Morgan fingerprint density at radius 1 is 1.53 bits per heavy atom. The molecule has 2 aromatic rings. The predicted octanol–water partition coefficient (Wildman–Crippen LogP) is -0.297. The first-order chi connectivity index (χ1) is 9.24. The van der Waals surface area contributed by atoms with E-state index in [9.17, 15) is 5.11 Å². The highest BCUT2D eigenvalue weighted by Gasteiger charge is 2.37. The van der Waals surface area contributed by atoms with Crippen LogP contribution in [0.15, 0.2) is 12.7 Å². The van der Waals surface area contributed by atoms with E-state index < -0.39 is 0 Å². The van der Waals surface area contributed by atoms with Gasteiger partial charge in [0.2, 0.25) is 0 Å². The molecule has 0 aliphatic carbocycles. The normalized spacial score (nSPS) is 27.2. The number of nitrogens with zero attached hydrogens (tertiary/aromatic N) is 4. The van der Waals surface area contributed by atoms with Crippen molar-refractivity contribution in [1.29, 1.82) is 0 Å². The van der Waals surface area contributed by atoms with Crippen LogP contribution in [-0.4, -0.2) is 50.6 Å². The summed E-state index contributed by atoms with van der Waals surface area (Å²) in [6.45, 7) is -0.0416. The summed E-state index contributed by atoms with van der Waals surface area (Å²) in [6, 6.07) is 0. The Hall–Kier alpha value is -1.77. The fourth-order valence-corrected chi connectivity index (χ4v) is 2.35. The molecule has 0 spiro atoms. The van der Waals surface area contributed by atoms with Crippen LogP contribution >= 0.6 is 0 Å². The van der Waals surface area contributed by atoms with Gasteiger partial charge in [-0.2, -0.15) is 0 Å². The summed E-state index contributed by atoms with van der Waals surface area (Å²) in [5.74, 6) is 0.328. The Bertz CT molecular complexity index is 587. The highest BCUT2D eigenvalue weighted by atomic mass is 16.6. The van der Waals surface area contributed by atoms with Gasteiger partial charge in [0.05, 0.1) is 19.0 Å². The maximum atomic E-state index is 9.20. The van der Waals surface area contributed by atoms with Crippen LogP contribution in [0.3, 0.4) is 0 Å². The standard InChI is InChI=1S/C11H15N5O3/c1-18-7-2-6(3-17)19-11(7)16-5-15-8-9(12)13-4-14-10(8)16/h4-7,11,17H,2-3H2,1H3,(H2,12,13,14)/t6?,7-,11-/m1/s1. The average Bonchev–Trinajstić information content (AvgIpc) is 3.02. The van der Waals surface area contributed by atoms with E-state index >= 15 is 0 Å². The summed E-state index contributed by atoms with van der Waals surface area (Å²) in [6.07, 6.45) is 2.83. The zero-order valence-corrected chi connectivity index (χ0v) is 10.4. The van der Waals surface area contributed by atoms with Crippen LogP contribution in [0, 0.1) is 0 Å². The van der Waals surface area contributed by atoms with Crippen LogP contribution in [0.2, 0.25) is 0 Å². The molecule has 2 aromatic heterocycles. The van der Waals surface area contributed by atoms with Gasteiger partial charge in [-0.15, -0.1) is 0 Å². The lowest BCUT2D eigenvalue weighted by atomic mass is 10.2. The molecule has 102 valence electrons. The van der Waals surface area contributed by atoms with E-state index in [-0.39, 0.29) is 25.0 Å². The van der Waals surface area contributed by atoms with E-state index in [1.165, 1.54) is 6.33 Å². The maximum Gasteiger partial charge on any atom is 0.167 e. The fourth-order valence-electron chi connectivity index (χ4n) is 2.35. The number of imidazole rings is 1. The minimum Gasteiger partial charge on any atom is -0.394 e. The van der Waals surface area contributed by atoms with Gasteiger partial charge in [0, 0.05) is 13.5 Å². The van der Waals surface area contributed by atoms with Crippen molar-refractivity contribution in [3.63, 3.8) is 0 Å². The molecule has 0 radical (unpaired) electrons. The van der Waals surface area contributed by atoms with E-state index in [2.05, 4.69) is 15.0 Å². The molecule has 0 saturated carbocycles. The van der Waals surface area contributed by atoms with Gasteiger partial charge in [-0.3, -0.25) is 4.57 Å². The molecule has 1 saturated heterocycles. The Kier molecular flexibility index (Phi) is 3.05. The van der Waals surface area contributed by atoms with Crippen LogP contribution < -0.4 is 5.73 Å². The lowest BCUT2D eigenvalue weighted by Gasteiger charge is -2.18. The van der Waals surface area contributed by atoms with Gasteiger partial charge >= 0.3 is 0 Å². The van der Waals surface area contributed by atoms with Gasteiger partial charge in [-0.25, -0.2) is 15.0 Å². The third-order valence-corrected chi connectivity index (χ3v) is 3.31. The van der Waals surface area contributed by atoms with Crippen molar-refractivity contribution in [2.75, 3.05) is 19.5 Å². The lowest BCUT2D eigenvalue weighted by Crippen LogP contribution is -2.21. The number of hydrogen-bond acceptors (Lipinski definition) is 7. The maximum absolute atomic E-state index is 9.20. The minimum absolute atomic E-state index is 0.0416. The highest BCUT2D eigenvalue weighted by molar-refractivity contribution is 5.81. The molecule has 8 nitrogen and oxygen atoms in total. The molecule has 3 heterocycles. The van der Waals surface area contributed by atoms with Gasteiger partial charge in [0.15, 0.2) is 17.7 Å². The summed E-state index contributed by atoms with van der Waals surface area (Å²) in [4.78, 5) is 12.3. The van der Waals surface area contributed by atoms with Crippen molar-refractivity contribution in [3.8, 4) is 0 Å². The van der Waals surface area contributed by atoms with E-state index in [1.54, 1.807) is 18.0 Å². The number of aromatic nitrogens is 4. The van der Waals surface area contributed by atoms with E-state index in [0.717, 1.165) is 0 Å². The fraction of sp³-hybridized carbons (Fsp3) is 0.545. The molecule has 1 aliphatic rings. The first-order valence-corrected chi connectivity index (χ1v) is 5.96. The number of fused-ring (bicyclic) bond motifs is 1. The molecule has 0 bridgehead atoms. The predicted molar refractivity (Wildman–Crippen MR) is 66.1 cm³/mol.